The fraction of sp³-hybridized carbons (Fsp3) is 0.671. The molecule has 4 aromatic rings. The van der Waals surface area contributed by atoms with Crippen molar-refractivity contribution in [3.8, 4) is 0 Å². The highest BCUT2D eigenvalue weighted by Gasteiger charge is 2.35. The van der Waals surface area contributed by atoms with E-state index >= 15 is 0 Å². The van der Waals surface area contributed by atoms with Crippen LogP contribution in [0.5, 0.6) is 0 Å². The molecule has 0 radical (unpaired) electrons. The molecule has 0 aliphatic carbocycles. The van der Waals surface area contributed by atoms with Gasteiger partial charge in [-0.3, -0.25) is 19.2 Å². The van der Waals surface area contributed by atoms with Crippen LogP contribution in [-0.4, -0.2) is 187 Å². The van der Waals surface area contributed by atoms with Gasteiger partial charge in [0.05, 0.1) is 29.5 Å². The van der Waals surface area contributed by atoms with Crippen LogP contribution < -0.4 is 0 Å². The largest absolute Gasteiger partial charge is 0.478 e. The average Bonchev–Trinajstić information content (AvgIpc) is 1.70. The smallest absolute Gasteiger partial charge is 0.371 e. The SMILES string of the molecule is CCCCC[C@@H](O)CCN1C(=O)CCC1CCc1ccc(C(=O)O)[nH]1.CCCCC[C@@H](O)CCN1C(=O)CCC1CCc1ccc(C(=O)O)o1.CCCCC[C@@H](O)CCN1C(=O)CCC1CCc1ccc(C(=O)O)s1.CCCCC[C@](C)(O)CCN1C(=O)CCC1CCc1ccc(C(=O)O)cc1. The number of aryl methyl sites for hydroxylation is 4. The molecule has 9 N–H and O–H groups in total. The van der Waals surface area contributed by atoms with E-state index in [4.69, 9.17) is 24.8 Å². The molecule has 4 fully saturated rings. The number of hydrogen-bond donors (Lipinski definition) is 9. The Kier molecular flexibility index (Phi) is 38.7. The monoisotopic (exact) mass is 1440 g/mol. The van der Waals surface area contributed by atoms with Gasteiger partial charge in [-0.05, 0) is 183 Å². The zero-order chi connectivity index (χ0) is 74.6. The number of carboxylic acid groups (broad SMARTS) is 4. The molecule has 23 heteroatoms. The molecule has 0 saturated carbocycles. The first-order valence-corrected chi connectivity index (χ1v) is 39.0. The number of nitrogens with one attached hydrogen (secondary N) is 1. The van der Waals surface area contributed by atoms with E-state index in [-0.39, 0.29) is 77.6 Å². The van der Waals surface area contributed by atoms with Crippen molar-refractivity contribution in [3.05, 3.63) is 104 Å². The molecule has 0 bridgehead atoms. The maximum absolute atomic E-state index is 12.3. The van der Waals surface area contributed by atoms with Gasteiger partial charge in [-0.15, -0.1) is 11.3 Å². The number of carbonyl (C=O) groups excluding carboxylic acids is 4. The molecule has 4 unspecified atom stereocenters. The van der Waals surface area contributed by atoms with Gasteiger partial charge in [-0.25, -0.2) is 19.2 Å². The molecular weight excluding hydrogens is 1320 g/mol. The molecule has 3 aromatic heterocycles. The van der Waals surface area contributed by atoms with Crippen molar-refractivity contribution >= 4 is 58.8 Å². The Morgan fingerprint density at radius 2 is 0.922 bits per heavy atom. The van der Waals surface area contributed by atoms with Crippen LogP contribution >= 0.6 is 11.3 Å². The Labute approximate surface area is 608 Å². The molecule has 7 heterocycles. The molecular formula is C79H121N5O17S. The number of rotatable bonds is 44. The number of unbranched alkanes of at least 4 members (excludes halogenated alkanes) is 8. The van der Waals surface area contributed by atoms with Gasteiger partial charge in [-0.2, -0.15) is 0 Å². The topological polar surface area (TPSA) is 340 Å². The minimum Gasteiger partial charge on any atom is -0.478 e. The summed E-state index contributed by atoms with van der Waals surface area (Å²) in [6, 6.07) is 17.7. The number of aromatic amines is 1. The molecule has 4 saturated heterocycles. The van der Waals surface area contributed by atoms with Gasteiger partial charge in [0.15, 0.2) is 0 Å². The number of hydrogen-bond acceptors (Lipinski definition) is 14. The number of benzene rings is 1. The van der Waals surface area contributed by atoms with E-state index in [1.807, 2.05) is 44.7 Å². The first kappa shape index (κ1) is 85.7. The number of H-pyrrole nitrogens is 1. The van der Waals surface area contributed by atoms with E-state index in [9.17, 15) is 58.8 Å². The number of aliphatic hydroxyl groups is 4. The standard InChI is InChI=1S/C22H33NO4.C19H30N2O4.C19H29NO5.C19H29NO4S/c1-3-4-5-14-22(2,27)15-16-23-19(12-13-20(23)24)11-8-17-6-9-18(10-7-17)21(25)26;1-2-3-4-5-16(22)12-13-21-15(9-11-18(21)23)8-6-14-7-10-17(20-14)19(24)25;2*1-2-3-4-5-15(21)12-13-20-14(7-11-18(20)22)6-8-16-9-10-17(25-16)19(23)24/h6-7,9-10,19,27H,3-5,8,11-16H2,1-2H3,(H,25,26);7,10,15-16,20,22H,2-6,8-9,11-13H2,1H3,(H,24,25);2*9-10,14-15,21H,2-8,11-13H2,1H3,(H,23,24)/t19?,22-;15?,16-;2*14?,15-/m0111/s1. The van der Waals surface area contributed by atoms with Crippen LogP contribution in [0.1, 0.15) is 303 Å². The van der Waals surface area contributed by atoms with Crippen molar-refractivity contribution in [1.29, 1.82) is 0 Å². The Morgan fingerprint density at radius 3 is 1.33 bits per heavy atom. The van der Waals surface area contributed by atoms with E-state index in [2.05, 4.69) is 32.7 Å². The lowest BCUT2D eigenvalue weighted by Gasteiger charge is -2.30. The summed E-state index contributed by atoms with van der Waals surface area (Å²) in [6.07, 6.45) is 29.9. The molecule has 4 aliphatic heterocycles. The van der Waals surface area contributed by atoms with Crippen LogP contribution in [0.2, 0.25) is 0 Å². The highest BCUT2D eigenvalue weighted by molar-refractivity contribution is 7.13. The number of aromatic carboxylic acids is 4. The first-order chi connectivity index (χ1) is 48.8. The van der Waals surface area contributed by atoms with Crippen LogP contribution in [0.4, 0.5) is 0 Å². The minimum atomic E-state index is -1.07. The minimum absolute atomic E-state index is 0.0513. The summed E-state index contributed by atoms with van der Waals surface area (Å²) < 4.78 is 5.28. The van der Waals surface area contributed by atoms with E-state index in [1.54, 1.807) is 36.4 Å². The molecule has 0 spiro atoms. The number of nitrogens with zero attached hydrogens (tertiary/aromatic N) is 4. The lowest BCUT2D eigenvalue weighted by Crippen LogP contribution is -2.38. The second-order valence-electron chi connectivity index (χ2n) is 28.6. The van der Waals surface area contributed by atoms with Crippen molar-refractivity contribution in [1.82, 2.24) is 24.6 Å². The van der Waals surface area contributed by atoms with Crippen molar-refractivity contribution in [2.75, 3.05) is 26.2 Å². The fourth-order valence-corrected chi connectivity index (χ4v) is 14.9. The number of aliphatic hydroxyl groups excluding tert-OH is 3. The quantitative estimate of drug-likeness (QED) is 0.0186. The molecule has 22 nitrogen and oxygen atoms in total. The summed E-state index contributed by atoms with van der Waals surface area (Å²) in [5.74, 6) is -2.55. The van der Waals surface area contributed by atoms with Crippen molar-refractivity contribution in [2.45, 2.75) is 314 Å². The van der Waals surface area contributed by atoms with Gasteiger partial charge >= 0.3 is 23.9 Å². The predicted octanol–water partition coefficient (Wildman–Crippen LogP) is 13.9. The summed E-state index contributed by atoms with van der Waals surface area (Å²) >= 11 is 1.31. The van der Waals surface area contributed by atoms with Gasteiger partial charge in [0.2, 0.25) is 29.4 Å². The summed E-state index contributed by atoms with van der Waals surface area (Å²) in [4.78, 5) is 104. The molecule has 4 amide bonds. The average molecular weight is 1440 g/mol. The molecule has 8 rings (SSSR count). The van der Waals surface area contributed by atoms with Crippen molar-refractivity contribution < 1.29 is 83.6 Å². The van der Waals surface area contributed by atoms with Crippen molar-refractivity contribution in [2.24, 2.45) is 0 Å². The lowest BCUT2D eigenvalue weighted by atomic mass is 9.94. The molecule has 4 aliphatic rings. The summed E-state index contributed by atoms with van der Waals surface area (Å²) in [7, 11) is 0. The van der Waals surface area contributed by atoms with Crippen LogP contribution in [0.25, 0.3) is 0 Å². The fourth-order valence-electron chi connectivity index (χ4n) is 14.1. The highest BCUT2D eigenvalue weighted by atomic mass is 32.1. The second kappa shape index (κ2) is 46.0. The number of aromatic nitrogens is 1. The third-order valence-electron chi connectivity index (χ3n) is 20.4. The van der Waals surface area contributed by atoms with Gasteiger partial charge in [0.25, 0.3) is 0 Å². The Balaban J connectivity index is 0.000000245. The van der Waals surface area contributed by atoms with Crippen LogP contribution in [0.15, 0.2) is 65.1 Å². The van der Waals surface area contributed by atoms with Crippen LogP contribution in [-0.2, 0) is 44.9 Å². The summed E-state index contributed by atoms with van der Waals surface area (Å²) in [5.41, 5.74) is 1.75. The van der Waals surface area contributed by atoms with E-state index in [0.29, 0.717) is 100 Å². The van der Waals surface area contributed by atoms with E-state index in [1.165, 1.54) is 17.4 Å². The zero-order valence-electron chi connectivity index (χ0n) is 61.5. The first-order valence-electron chi connectivity index (χ1n) is 38.2. The van der Waals surface area contributed by atoms with E-state index < -0.39 is 29.5 Å². The Morgan fingerprint density at radius 1 is 0.480 bits per heavy atom. The lowest BCUT2D eigenvalue weighted by molar-refractivity contribution is -0.130. The third-order valence-corrected chi connectivity index (χ3v) is 21.6. The maximum Gasteiger partial charge on any atom is 0.371 e. The molecule has 102 heavy (non-hydrogen) atoms. The number of likely N-dealkylation sites (tertiary alicyclic amines) is 4. The van der Waals surface area contributed by atoms with Gasteiger partial charge in [0.1, 0.15) is 16.3 Å². The number of carboxylic acids is 4. The second-order valence-corrected chi connectivity index (χ2v) is 29.8. The van der Waals surface area contributed by atoms with E-state index in [0.717, 1.165) is 189 Å². The molecule has 8 atom stereocenters. The summed E-state index contributed by atoms with van der Waals surface area (Å²) in [6.45, 7) is 12.9. The normalized spacial score (nSPS) is 18.9. The van der Waals surface area contributed by atoms with Crippen molar-refractivity contribution in [3.63, 3.8) is 0 Å². The number of furan rings is 1. The van der Waals surface area contributed by atoms with Gasteiger partial charge in [0, 0.05) is 93.0 Å². The number of carbonyl (C=O) groups is 8. The van der Waals surface area contributed by atoms with Crippen LogP contribution in [0, 0.1) is 0 Å². The van der Waals surface area contributed by atoms with Crippen LogP contribution in [0.3, 0.4) is 0 Å². The molecule has 1 aromatic carbocycles. The Hall–Kier alpha value is -6.92. The van der Waals surface area contributed by atoms with Gasteiger partial charge in [-0.1, -0.05) is 117 Å². The number of amides is 4. The summed E-state index contributed by atoms with van der Waals surface area (Å²) in [5, 5.41) is 76.6. The zero-order valence-corrected chi connectivity index (χ0v) is 62.4. The predicted molar refractivity (Wildman–Crippen MR) is 394 cm³/mol. The third kappa shape index (κ3) is 30.8. The van der Waals surface area contributed by atoms with Gasteiger partial charge < -0.3 is 69.9 Å². The highest BCUT2D eigenvalue weighted by Crippen LogP contribution is 2.31. The number of thiophene rings is 1. The Bertz CT molecular complexity index is 2920. The maximum atomic E-state index is 12.3. The molecule has 570 valence electrons.